The van der Waals surface area contributed by atoms with Crippen molar-refractivity contribution in [2.45, 2.75) is 26.3 Å². The third kappa shape index (κ3) is 3.70. The summed E-state index contributed by atoms with van der Waals surface area (Å²) in [6, 6.07) is 2.09. The molecule has 4 rings (SSSR count). The summed E-state index contributed by atoms with van der Waals surface area (Å²) in [5, 5.41) is 9.25. The van der Waals surface area contributed by atoms with Gasteiger partial charge in [-0.05, 0) is 12.8 Å². The Hall–Kier alpha value is -3.28. The first-order valence-corrected chi connectivity index (χ1v) is 9.52. The molecule has 0 aromatic carbocycles. The van der Waals surface area contributed by atoms with E-state index in [4.69, 9.17) is 4.74 Å². The molecule has 8 nitrogen and oxygen atoms in total. The van der Waals surface area contributed by atoms with Crippen molar-refractivity contribution in [2.24, 2.45) is 5.41 Å². The Bertz CT molecular complexity index is 950. The molecule has 0 saturated carbocycles. The van der Waals surface area contributed by atoms with E-state index in [1.165, 1.54) is 6.20 Å². The fourth-order valence-corrected chi connectivity index (χ4v) is 3.84. The molecule has 1 fully saturated rings. The second-order valence-corrected chi connectivity index (χ2v) is 7.61. The average molecular weight is 396 g/mol. The summed E-state index contributed by atoms with van der Waals surface area (Å²) < 4.78 is 18.8. The highest BCUT2D eigenvalue weighted by Gasteiger charge is 2.40. The van der Waals surface area contributed by atoms with Crippen LogP contribution < -0.4 is 9.64 Å². The van der Waals surface area contributed by atoms with Crippen molar-refractivity contribution in [2.75, 3.05) is 31.1 Å². The number of nitriles is 1. The van der Waals surface area contributed by atoms with Crippen LogP contribution in [0.5, 0.6) is 5.75 Å². The number of rotatable bonds is 2. The van der Waals surface area contributed by atoms with Crippen LogP contribution in [-0.4, -0.2) is 52.0 Å². The van der Waals surface area contributed by atoms with E-state index in [0.717, 1.165) is 18.0 Å². The molecule has 0 bridgehead atoms. The van der Waals surface area contributed by atoms with Gasteiger partial charge in [-0.1, -0.05) is 6.92 Å². The number of hydrogen-bond donors (Lipinski definition) is 0. The highest BCUT2D eigenvalue weighted by atomic mass is 19.1. The quantitative estimate of drug-likeness (QED) is 0.765. The maximum Gasteiger partial charge on any atom is 0.229 e. The SMILES string of the molecule is CC1(C(=O)N2CCOc3c(C#N)cncc3C2)CCN(c2ncc(F)cn2)CC1. The largest absolute Gasteiger partial charge is 0.490 e. The van der Waals surface area contributed by atoms with Crippen LogP contribution in [0.2, 0.25) is 0 Å². The summed E-state index contributed by atoms with van der Waals surface area (Å²) >= 11 is 0. The van der Waals surface area contributed by atoms with Crippen molar-refractivity contribution in [1.82, 2.24) is 19.9 Å². The second kappa shape index (κ2) is 7.62. The molecule has 0 N–H and O–H groups in total. The van der Waals surface area contributed by atoms with E-state index < -0.39 is 11.2 Å². The zero-order chi connectivity index (χ0) is 20.4. The minimum Gasteiger partial charge on any atom is -0.490 e. The zero-order valence-corrected chi connectivity index (χ0v) is 16.1. The molecule has 9 heteroatoms. The number of amides is 1. The van der Waals surface area contributed by atoms with E-state index in [9.17, 15) is 14.4 Å². The first kappa shape index (κ1) is 19.1. The number of carbonyl (C=O) groups excluding carboxylic acids is 1. The molecule has 0 unspecified atom stereocenters. The Morgan fingerprint density at radius 1 is 1.21 bits per heavy atom. The summed E-state index contributed by atoms with van der Waals surface area (Å²) in [6.07, 6.45) is 6.73. The fourth-order valence-electron chi connectivity index (χ4n) is 3.84. The Morgan fingerprint density at radius 2 is 1.93 bits per heavy atom. The van der Waals surface area contributed by atoms with Crippen molar-refractivity contribution in [1.29, 1.82) is 5.26 Å². The lowest BCUT2D eigenvalue weighted by Gasteiger charge is -2.40. The predicted molar refractivity (Wildman–Crippen MR) is 101 cm³/mol. The van der Waals surface area contributed by atoms with Gasteiger partial charge in [-0.3, -0.25) is 9.78 Å². The maximum atomic E-state index is 13.4. The third-order valence-electron chi connectivity index (χ3n) is 5.62. The molecule has 2 aliphatic rings. The van der Waals surface area contributed by atoms with Crippen LogP contribution in [0.1, 0.15) is 30.9 Å². The lowest BCUT2D eigenvalue weighted by atomic mass is 9.79. The van der Waals surface area contributed by atoms with Gasteiger partial charge < -0.3 is 14.5 Å². The standard InChI is InChI=1S/C20H21FN6O2/c1-20(2-4-26(5-3-20)19-24-11-16(21)12-25-19)18(28)27-6-7-29-17-14(8-22)9-23-10-15(17)13-27/h9-12H,2-7,13H2,1H3. The number of ether oxygens (including phenoxy) is 1. The van der Waals surface area contributed by atoms with Crippen molar-refractivity contribution < 1.29 is 13.9 Å². The number of halogens is 1. The van der Waals surface area contributed by atoms with Crippen LogP contribution >= 0.6 is 0 Å². The number of anilines is 1. The van der Waals surface area contributed by atoms with Crippen molar-refractivity contribution in [3.05, 3.63) is 41.7 Å². The summed E-state index contributed by atoms with van der Waals surface area (Å²) in [4.78, 5) is 29.3. The van der Waals surface area contributed by atoms with Gasteiger partial charge in [0.15, 0.2) is 5.82 Å². The van der Waals surface area contributed by atoms with E-state index in [1.807, 2.05) is 11.8 Å². The van der Waals surface area contributed by atoms with Crippen LogP contribution in [0, 0.1) is 22.6 Å². The average Bonchev–Trinajstić information content (AvgIpc) is 2.97. The molecule has 29 heavy (non-hydrogen) atoms. The summed E-state index contributed by atoms with van der Waals surface area (Å²) in [6.45, 7) is 4.39. The van der Waals surface area contributed by atoms with Gasteiger partial charge in [0.1, 0.15) is 24.0 Å². The van der Waals surface area contributed by atoms with Crippen LogP contribution in [0.3, 0.4) is 0 Å². The molecule has 1 amide bonds. The van der Waals surface area contributed by atoms with Crippen LogP contribution in [0.15, 0.2) is 24.8 Å². The number of nitrogens with zero attached hydrogens (tertiary/aromatic N) is 6. The van der Waals surface area contributed by atoms with Crippen molar-refractivity contribution in [3.63, 3.8) is 0 Å². The van der Waals surface area contributed by atoms with Crippen molar-refractivity contribution >= 4 is 11.9 Å². The molecule has 2 aliphatic heterocycles. The number of hydrogen-bond acceptors (Lipinski definition) is 7. The highest BCUT2D eigenvalue weighted by molar-refractivity contribution is 5.83. The molecule has 0 radical (unpaired) electrons. The molecule has 0 spiro atoms. The first-order valence-electron chi connectivity index (χ1n) is 9.52. The summed E-state index contributed by atoms with van der Waals surface area (Å²) in [7, 11) is 0. The van der Waals surface area contributed by atoms with Gasteiger partial charge in [-0.2, -0.15) is 5.26 Å². The van der Waals surface area contributed by atoms with Gasteiger partial charge in [-0.25, -0.2) is 14.4 Å². The van der Waals surface area contributed by atoms with Crippen LogP contribution in [-0.2, 0) is 11.3 Å². The van der Waals surface area contributed by atoms with Gasteiger partial charge in [-0.15, -0.1) is 0 Å². The monoisotopic (exact) mass is 396 g/mol. The molecule has 150 valence electrons. The molecule has 4 heterocycles. The molecule has 0 aliphatic carbocycles. The first-order chi connectivity index (χ1) is 14.0. The minimum atomic E-state index is -0.513. The molecule has 2 aromatic heterocycles. The third-order valence-corrected chi connectivity index (χ3v) is 5.62. The number of piperidine rings is 1. The molecule has 0 atom stereocenters. The van der Waals surface area contributed by atoms with E-state index in [1.54, 1.807) is 11.1 Å². The smallest absolute Gasteiger partial charge is 0.229 e. The number of carbonyl (C=O) groups is 1. The zero-order valence-electron chi connectivity index (χ0n) is 16.1. The second-order valence-electron chi connectivity index (χ2n) is 7.61. The lowest BCUT2D eigenvalue weighted by Crippen LogP contribution is -2.49. The van der Waals surface area contributed by atoms with E-state index in [0.29, 0.717) is 62.9 Å². The molecule has 1 saturated heterocycles. The summed E-state index contributed by atoms with van der Waals surface area (Å²) in [5.41, 5.74) is 0.618. The minimum absolute atomic E-state index is 0.0657. The Morgan fingerprint density at radius 3 is 2.62 bits per heavy atom. The molecular weight excluding hydrogens is 375 g/mol. The topological polar surface area (TPSA) is 95.2 Å². The predicted octanol–water partition coefficient (Wildman–Crippen LogP) is 1.91. The fraction of sp³-hybridized carbons (Fsp3) is 0.450. The molecular formula is C20H21FN6O2. The van der Waals surface area contributed by atoms with E-state index in [2.05, 4.69) is 21.0 Å². The van der Waals surface area contributed by atoms with E-state index >= 15 is 0 Å². The number of aromatic nitrogens is 3. The van der Waals surface area contributed by atoms with Gasteiger partial charge in [0.25, 0.3) is 0 Å². The Labute approximate surface area is 168 Å². The van der Waals surface area contributed by atoms with Crippen LogP contribution in [0.25, 0.3) is 0 Å². The van der Waals surface area contributed by atoms with Gasteiger partial charge >= 0.3 is 0 Å². The van der Waals surface area contributed by atoms with Gasteiger partial charge in [0.2, 0.25) is 11.9 Å². The van der Waals surface area contributed by atoms with Crippen LogP contribution in [0.4, 0.5) is 10.3 Å². The van der Waals surface area contributed by atoms with Gasteiger partial charge in [0, 0.05) is 36.5 Å². The maximum absolute atomic E-state index is 13.4. The highest BCUT2D eigenvalue weighted by Crippen LogP contribution is 2.36. The normalized spacial score (nSPS) is 18.2. The summed E-state index contributed by atoms with van der Waals surface area (Å²) in [5.74, 6) is 0.596. The van der Waals surface area contributed by atoms with Gasteiger partial charge in [0.05, 0.1) is 25.5 Å². The van der Waals surface area contributed by atoms with Crippen molar-refractivity contribution in [3.8, 4) is 11.8 Å². The number of pyridine rings is 1. The lowest BCUT2D eigenvalue weighted by molar-refractivity contribution is -0.143. The Balaban J connectivity index is 1.46. The van der Waals surface area contributed by atoms with E-state index in [-0.39, 0.29) is 5.91 Å². The number of fused-ring (bicyclic) bond motifs is 1. The Kier molecular flexibility index (Phi) is 5.01. The molecule has 2 aromatic rings.